The fraction of sp³-hybridized carbons (Fsp3) is 0.526. The van der Waals surface area contributed by atoms with E-state index in [4.69, 9.17) is 0 Å². The molecule has 0 bridgehead atoms. The van der Waals surface area contributed by atoms with Gasteiger partial charge in [0, 0.05) is 49.4 Å². The van der Waals surface area contributed by atoms with Crippen molar-refractivity contribution < 1.29 is 4.79 Å². The number of hydrogen-bond acceptors (Lipinski definition) is 3. The van der Waals surface area contributed by atoms with Crippen LogP contribution in [0.4, 0.5) is 0 Å². The highest BCUT2D eigenvalue weighted by molar-refractivity contribution is 5.95. The van der Waals surface area contributed by atoms with Crippen LogP contribution in [0.5, 0.6) is 0 Å². The zero-order chi connectivity index (χ0) is 17.1. The standard InChI is InChI=1S/C19H26N4O/c1-4-23(18-8-6-5-7-14(18)2)19(24)16-9-15(10-20-11-16)17-12-21-22(3)13-17/h9-14,18H,4-8H2,1-3H3. The molecule has 2 aromatic heterocycles. The first-order valence-electron chi connectivity index (χ1n) is 8.85. The Morgan fingerprint density at radius 3 is 2.71 bits per heavy atom. The molecule has 128 valence electrons. The number of rotatable bonds is 4. The van der Waals surface area contributed by atoms with Gasteiger partial charge in [-0.25, -0.2) is 0 Å². The number of carbonyl (C=O) groups is 1. The monoisotopic (exact) mass is 326 g/mol. The van der Waals surface area contributed by atoms with Gasteiger partial charge >= 0.3 is 0 Å². The molecule has 5 heteroatoms. The van der Waals surface area contributed by atoms with Crippen LogP contribution < -0.4 is 0 Å². The van der Waals surface area contributed by atoms with Crippen molar-refractivity contribution >= 4 is 5.91 Å². The summed E-state index contributed by atoms with van der Waals surface area (Å²) in [7, 11) is 1.88. The molecule has 0 radical (unpaired) electrons. The van der Waals surface area contributed by atoms with E-state index in [-0.39, 0.29) is 5.91 Å². The van der Waals surface area contributed by atoms with Crippen LogP contribution in [0.2, 0.25) is 0 Å². The summed E-state index contributed by atoms with van der Waals surface area (Å²) in [6.07, 6.45) is 12.0. The zero-order valence-corrected chi connectivity index (χ0v) is 14.8. The van der Waals surface area contributed by atoms with E-state index in [2.05, 4.69) is 23.9 Å². The zero-order valence-electron chi connectivity index (χ0n) is 14.8. The summed E-state index contributed by atoms with van der Waals surface area (Å²) in [5, 5.41) is 4.20. The van der Waals surface area contributed by atoms with Crippen LogP contribution in [0.15, 0.2) is 30.9 Å². The van der Waals surface area contributed by atoms with Crippen molar-refractivity contribution in [2.24, 2.45) is 13.0 Å². The normalized spacial score (nSPS) is 20.8. The van der Waals surface area contributed by atoms with E-state index in [1.165, 1.54) is 19.3 Å². The topological polar surface area (TPSA) is 51.0 Å². The SMILES string of the molecule is CCN(C(=O)c1cncc(-c2cnn(C)c2)c1)C1CCCCC1C. The molecule has 1 aliphatic rings. The van der Waals surface area contributed by atoms with Crippen LogP contribution in [-0.2, 0) is 7.05 Å². The van der Waals surface area contributed by atoms with E-state index < -0.39 is 0 Å². The Kier molecular flexibility index (Phi) is 4.97. The van der Waals surface area contributed by atoms with Crippen LogP contribution in [0.1, 0.15) is 49.9 Å². The summed E-state index contributed by atoms with van der Waals surface area (Å²) in [6, 6.07) is 2.28. The number of amides is 1. The smallest absolute Gasteiger partial charge is 0.255 e. The van der Waals surface area contributed by atoms with Crippen LogP contribution in [0, 0.1) is 5.92 Å². The third-order valence-electron chi connectivity index (χ3n) is 5.09. The maximum absolute atomic E-state index is 13.1. The molecular weight excluding hydrogens is 300 g/mol. The number of carbonyl (C=O) groups excluding carboxylic acids is 1. The lowest BCUT2D eigenvalue weighted by Gasteiger charge is -2.38. The molecule has 1 amide bonds. The maximum Gasteiger partial charge on any atom is 0.255 e. The molecule has 1 saturated carbocycles. The minimum absolute atomic E-state index is 0.0921. The molecule has 0 N–H and O–H groups in total. The van der Waals surface area contributed by atoms with Crippen molar-refractivity contribution in [3.05, 3.63) is 36.4 Å². The predicted octanol–water partition coefficient (Wildman–Crippen LogP) is 3.52. The van der Waals surface area contributed by atoms with Crippen molar-refractivity contribution in [2.75, 3.05) is 6.54 Å². The highest BCUT2D eigenvalue weighted by atomic mass is 16.2. The summed E-state index contributed by atoms with van der Waals surface area (Å²) in [5.74, 6) is 0.659. The lowest BCUT2D eigenvalue weighted by molar-refractivity contribution is 0.0569. The summed E-state index contributed by atoms with van der Waals surface area (Å²) in [4.78, 5) is 19.4. The predicted molar refractivity (Wildman–Crippen MR) is 94.6 cm³/mol. The number of aromatic nitrogens is 3. The molecule has 2 aromatic rings. The van der Waals surface area contributed by atoms with E-state index in [9.17, 15) is 4.79 Å². The Morgan fingerprint density at radius 1 is 1.25 bits per heavy atom. The van der Waals surface area contributed by atoms with E-state index in [1.807, 2.05) is 24.2 Å². The third kappa shape index (κ3) is 3.35. The Balaban J connectivity index is 1.85. The molecule has 2 heterocycles. The fourth-order valence-corrected chi connectivity index (χ4v) is 3.74. The van der Waals surface area contributed by atoms with Crippen LogP contribution in [-0.4, -0.2) is 38.2 Å². The highest BCUT2D eigenvalue weighted by Crippen LogP contribution is 2.29. The molecule has 0 spiro atoms. The molecule has 1 fully saturated rings. The van der Waals surface area contributed by atoms with Gasteiger partial charge in [0.2, 0.25) is 0 Å². The molecule has 0 aliphatic heterocycles. The lowest BCUT2D eigenvalue weighted by Crippen LogP contribution is -2.45. The summed E-state index contributed by atoms with van der Waals surface area (Å²) < 4.78 is 1.76. The largest absolute Gasteiger partial charge is 0.336 e. The molecule has 2 unspecified atom stereocenters. The van der Waals surface area contributed by atoms with E-state index >= 15 is 0 Å². The molecule has 0 saturated heterocycles. The first kappa shape index (κ1) is 16.7. The van der Waals surface area contributed by atoms with E-state index in [1.54, 1.807) is 23.3 Å². The molecular formula is C19H26N4O. The second-order valence-corrected chi connectivity index (χ2v) is 6.79. The Bertz CT molecular complexity index is 709. The Morgan fingerprint density at radius 2 is 2.04 bits per heavy atom. The molecule has 5 nitrogen and oxygen atoms in total. The van der Waals surface area contributed by atoms with Crippen LogP contribution >= 0.6 is 0 Å². The average molecular weight is 326 g/mol. The van der Waals surface area contributed by atoms with Gasteiger partial charge in [-0.15, -0.1) is 0 Å². The average Bonchev–Trinajstić information content (AvgIpc) is 3.04. The minimum atomic E-state index is 0.0921. The first-order valence-corrected chi connectivity index (χ1v) is 8.85. The van der Waals surface area contributed by atoms with Gasteiger partial charge in [0.15, 0.2) is 0 Å². The highest BCUT2D eigenvalue weighted by Gasteiger charge is 2.30. The lowest BCUT2D eigenvalue weighted by atomic mass is 9.84. The van der Waals surface area contributed by atoms with Gasteiger partial charge in [0.25, 0.3) is 5.91 Å². The van der Waals surface area contributed by atoms with E-state index in [0.29, 0.717) is 17.5 Å². The third-order valence-corrected chi connectivity index (χ3v) is 5.09. The minimum Gasteiger partial charge on any atom is -0.336 e. The quantitative estimate of drug-likeness (QED) is 0.864. The number of aryl methyl sites for hydroxylation is 1. The second-order valence-electron chi connectivity index (χ2n) is 6.79. The van der Waals surface area contributed by atoms with Crippen molar-refractivity contribution in [1.29, 1.82) is 0 Å². The van der Waals surface area contributed by atoms with Gasteiger partial charge in [-0.05, 0) is 31.7 Å². The summed E-state index contributed by atoms with van der Waals surface area (Å²) in [6.45, 7) is 5.08. The number of hydrogen-bond donors (Lipinski definition) is 0. The van der Waals surface area contributed by atoms with Gasteiger partial charge in [-0.1, -0.05) is 19.8 Å². The number of pyridine rings is 1. The molecule has 2 atom stereocenters. The van der Waals surface area contributed by atoms with Gasteiger partial charge in [-0.3, -0.25) is 14.5 Å². The van der Waals surface area contributed by atoms with Crippen molar-refractivity contribution in [3.63, 3.8) is 0 Å². The van der Waals surface area contributed by atoms with Gasteiger partial charge < -0.3 is 4.90 Å². The van der Waals surface area contributed by atoms with Crippen LogP contribution in [0.25, 0.3) is 11.1 Å². The summed E-state index contributed by atoms with van der Waals surface area (Å²) in [5.41, 5.74) is 2.58. The van der Waals surface area contributed by atoms with Gasteiger partial charge in [0.05, 0.1) is 11.8 Å². The van der Waals surface area contributed by atoms with Crippen molar-refractivity contribution in [2.45, 2.75) is 45.6 Å². The van der Waals surface area contributed by atoms with Crippen molar-refractivity contribution in [1.82, 2.24) is 19.7 Å². The Hall–Kier alpha value is -2.17. The fourth-order valence-electron chi connectivity index (χ4n) is 3.74. The maximum atomic E-state index is 13.1. The van der Waals surface area contributed by atoms with Gasteiger partial charge in [0.1, 0.15) is 0 Å². The van der Waals surface area contributed by atoms with Gasteiger partial charge in [-0.2, -0.15) is 5.10 Å². The Labute approximate surface area is 143 Å². The summed E-state index contributed by atoms with van der Waals surface area (Å²) >= 11 is 0. The van der Waals surface area contributed by atoms with Crippen molar-refractivity contribution in [3.8, 4) is 11.1 Å². The van der Waals surface area contributed by atoms with Crippen LogP contribution in [0.3, 0.4) is 0 Å². The molecule has 24 heavy (non-hydrogen) atoms. The molecule has 3 rings (SSSR count). The molecule has 1 aliphatic carbocycles. The van der Waals surface area contributed by atoms with E-state index in [0.717, 1.165) is 24.1 Å². The first-order chi connectivity index (χ1) is 11.6. The number of nitrogens with zero attached hydrogens (tertiary/aromatic N) is 4. The molecule has 0 aromatic carbocycles. The second kappa shape index (κ2) is 7.16.